The van der Waals surface area contributed by atoms with Gasteiger partial charge in [-0.25, -0.2) is 0 Å². The summed E-state index contributed by atoms with van der Waals surface area (Å²) in [5.41, 5.74) is 3.14. The van der Waals surface area contributed by atoms with Crippen molar-refractivity contribution in [3.05, 3.63) is 35.4 Å². The first-order valence-corrected chi connectivity index (χ1v) is 9.15. The zero-order chi connectivity index (χ0) is 17.0. The molecule has 0 N–H and O–H groups in total. The Balaban J connectivity index is 1.55. The molecule has 0 unspecified atom stereocenters. The summed E-state index contributed by atoms with van der Waals surface area (Å²) in [6, 6.07) is 8.91. The number of hydrogen-bond donors (Lipinski definition) is 0. The van der Waals surface area contributed by atoms with Gasteiger partial charge >= 0.3 is 0 Å². The van der Waals surface area contributed by atoms with Gasteiger partial charge in [-0.3, -0.25) is 9.69 Å². The number of amides is 1. The molecule has 0 bridgehead atoms. The molecule has 4 heteroatoms. The van der Waals surface area contributed by atoms with Crippen molar-refractivity contribution in [2.45, 2.75) is 39.2 Å². The molecule has 1 aromatic rings. The average Bonchev–Trinajstić information content (AvgIpc) is 2.58. The Morgan fingerprint density at radius 3 is 2.50 bits per heavy atom. The van der Waals surface area contributed by atoms with Crippen LogP contribution in [0.3, 0.4) is 0 Å². The van der Waals surface area contributed by atoms with E-state index in [0.717, 1.165) is 32.5 Å². The zero-order valence-corrected chi connectivity index (χ0v) is 15.1. The van der Waals surface area contributed by atoms with Gasteiger partial charge in [-0.15, -0.1) is 0 Å². The highest BCUT2D eigenvalue weighted by Gasteiger charge is 2.39. The van der Waals surface area contributed by atoms with E-state index in [9.17, 15) is 4.79 Å². The van der Waals surface area contributed by atoms with Crippen LogP contribution in [-0.4, -0.2) is 55.6 Å². The van der Waals surface area contributed by atoms with E-state index in [1.54, 1.807) is 7.11 Å². The highest BCUT2D eigenvalue weighted by atomic mass is 16.5. The van der Waals surface area contributed by atoms with Gasteiger partial charge in [-0.05, 0) is 50.1 Å². The second kappa shape index (κ2) is 7.66. The summed E-state index contributed by atoms with van der Waals surface area (Å²) in [5.74, 6) is 0.139. The van der Waals surface area contributed by atoms with E-state index < -0.39 is 0 Å². The molecule has 2 aliphatic rings. The number of carbonyl (C=O) groups excluding carboxylic acids is 1. The molecule has 0 aliphatic carbocycles. The largest absolute Gasteiger partial charge is 0.375 e. The normalized spacial score (nSPS) is 21.2. The van der Waals surface area contributed by atoms with Gasteiger partial charge in [0.2, 0.25) is 5.91 Å². The number of likely N-dealkylation sites (tertiary alicyclic amines) is 2. The van der Waals surface area contributed by atoms with E-state index in [2.05, 4.69) is 36.1 Å². The summed E-state index contributed by atoms with van der Waals surface area (Å²) in [5, 5.41) is 0. The number of rotatable bonds is 4. The molecule has 2 heterocycles. The molecular weight excluding hydrogens is 300 g/mol. The van der Waals surface area contributed by atoms with E-state index in [4.69, 9.17) is 4.74 Å². The maximum atomic E-state index is 12.0. The third-order valence-electron chi connectivity index (χ3n) is 5.71. The molecule has 0 atom stereocenters. The number of methoxy groups -OCH3 is 1. The first-order chi connectivity index (χ1) is 11.6. The first kappa shape index (κ1) is 17.4. The van der Waals surface area contributed by atoms with E-state index in [1.807, 2.05) is 4.90 Å². The number of nitrogens with zero attached hydrogens (tertiary/aromatic N) is 2. The van der Waals surface area contributed by atoms with Crippen molar-refractivity contribution in [3.8, 4) is 0 Å². The number of hydrogen-bond acceptors (Lipinski definition) is 3. The lowest BCUT2D eigenvalue weighted by Gasteiger charge is -2.47. The van der Waals surface area contributed by atoms with Gasteiger partial charge in [0.25, 0.3) is 0 Å². The molecule has 0 saturated carbocycles. The Labute approximate surface area is 145 Å². The third kappa shape index (κ3) is 4.17. The van der Waals surface area contributed by atoms with E-state index in [0.29, 0.717) is 5.41 Å². The molecule has 2 aliphatic heterocycles. The number of ether oxygens (including phenoxy) is 1. The Kier molecular flexibility index (Phi) is 5.57. The van der Waals surface area contributed by atoms with E-state index in [-0.39, 0.29) is 12.5 Å². The Morgan fingerprint density at radius 2 is 1.83 bits per heavy atom. The Bertz CT molecular complexity index is 547. The van der Waals surface area contributed by atoms with E-state index >= 15 is 0 Å². The number of carbonyl (C=O) groups is 1. The van der Waals surface area contributed by atoms with Crippen LogP contribution >= 0.6 is 0 Å². The standard InChI is InChI=1S/C20H30N2O2/c1-17-4-6-18(7-5-17)14-21-11-3-8-20(16-21)9-12-22(13-10-20)19(23)15-24-2/h4-7H,3,8-16H2,1-2H3. The molecule has 4 nitrogen and oxygen atoms in total. The summed E-state index contributed by atoms with van der Waals surface area (Å²) in [6.07, 6.45) is 4.85. The van der Waals surface area contributed by atoms with Crippen LogP contribution in [0.4, 0.5) is 0 Å². The first-order valence-electron chi connectivity index (χ1n) is 9.15. The van der Waals surface area contributed by atoms with Crippen molar-refractivity contribution in [2.24, 2.45) is 5.41 Å². The van der Waals surface area contributed by atoms with Crippen LogP contribution in [0.1, 0.15) is 36.8 Å². The monoisotopic (exact) mass is 330 g/mol. The van der Waals surface area contributed by atoms with Crippen LogP contribution in [-0.2, 0) is 16.1 Å². The van der Waals surface area contributed by atoms with Gasteiger partial charge in [0.05, 0.1) is 0 Å². The molecule has 1 aromatic carbocycles. The van der Waals surface area contributed by atoms with Crippen LogP contribution in [0.5, 0.6) is 0 Å². The molecular formula is C20H30N2O2. The van der Waals surface area contributed by atoms with Crippen LogP contribution in [0, 0.1) is 12.3 Å². The van der Waals surface area contributed by atoms with Crippen molar-refractivity contribution in [1.82, 2.24) is 9.80 Å². The highest BCUT2D eigenvalue weighted by Crippen LogP contribution is 2.40. The molecule has 132 valence electrons. The topological polar surface area (TPSA) is 32.8 Å². The van der Waals surface area contributed by atoms with Gasteiger partial charge < -0.3 is 9.64 Å². The SMILES string of the molecule is COCC(=O)N1CCC2(CCCN(Cc3ccc(C)cc3)C2)CC1. The van der Waals surface area contributed by atoms with Gasteiger partial charge in [0, 0.05) is 33.3 Å². The van der Waals surface area contributed by atoms with Gasteiger partial charge in [0.1, 0.15) is 6.61 Å². The predicted octanol–water partition coefficient (Wildman–Crippen LogP) is 2.85. The van der Waals surface area contributed by atoms with Crippen molar-refractivity contribution in [3.63, 3.8) is 0 Å². The number of aryl methyl sites for hydroxylation is 1. The van der Waals surface area contributed by atoms with Crippen molar-refractivity contribution >= 4 is 5.91 Å². The highest BCUT2D eigenvalue weighted by molar-refractivity contribution is 5.77. The second-order valence-electron chi connectivity index (χ2n) is 7.61. The summed E-state index contributed by atoms with van der Waals surface area (Å²) in [4.78, 5) is 16.6. The molecule has 1 amide bonds. The Hall–Kier alpha value is -1.39. The Morgan fingerprint density at radius 1 is 1.12 bits per heavy atom. The minimum Gasteiger partial charge on any atom is -0.375 e. The lowest BCUT2D eigenvalue weighted by atomic mass is 9.72. The van der Waals surface area contributed by atoms with Gasteiger partial charge in [-0.2, -0.15) is 0 Å². The second-order valence-corrected chi connectivity index (χ2v) is 7.61. The van der Waals surface area contributed by atoms with Crippen LogP contribution < -0.4 is 0 Å². The molecule has 2 saturated heterocycles. The van der Waals surface area contributed by atoms with Crippen molar-refractivity contribution < 1.29 is 9.53 Å². The molecule has 3 rings (SSSR count). The molecule has 0 radical (unpaired) electrons. The van der Waals surface area contributed by atoms with Gasteiger partial charge in [0.15, 0.2) is 0 Å². The fraction of sp³-hybridized carbons (Fsp3) is 0.650. The summed E-state index contributed by atoms with van der Waals surface area (Å²) < 4.78 is 4.99. The molecule has 24 heavy (non-hydrogen) atoms. The smallest absolute Gasteiger partial charge is 0.248 e. The van der Waals surface area contributed by atoms with Gasteiger partial charge in [-0.1, -0.05) is 29.8 Å². The maximum Gasteiger partial charge on any atom is 0.248 e. The fourth-order valence-electron chi connectivity index (χ4n) is 4.25. The number of benzene rings is 1. The van der Waals surface area contributed by atoms with Crippen molar-refractivity contribution in [2.75, 3.05) is 39.9 Å². The predicted molar refractivity (Wildman–Crippen MR) is 95.8 cm³/mol. The molecule has 0 aromatic heterocycles. The minimum absolute atomic E-state index is 0.139. The minimum atomic E-state index is 0.139. The maximum absolute atomic E-state index is 12.0. The number of piperidine rings is 2. The van der Waals surface area contributed by atoms with Crippen LogP contribution in [0.25, 0.3) is 0 Å². The van der Waals surface area contributed by atoms with E-state index in [1.165, 1.54) is 37.1 Å². The third-order valence-corrected chi connectivity index (χ3v) is 5.71. The lowest BCUT2D eigenvalue weighted by Crippen LogP contribution is -2.51. The summed E-state index contributed by atoms with van der Waals surface area (Å²) in [7, 11) is 1.59. The fourth-order valence-corrected chi connectivity index (χ4v) is 4.25. The lowest BCUT2D eigenvalue weighted by molar-refractivity contribution is -0.138. The molecule has 1 spiro atoms. The van der Waals surface area contributed by atoms with Crippen LogP contribution in [0.15, 0.2) is 24.3 Å². The average molecular weight is 330 g/mol. The van der Waals surface area contributed by atoms with Crippen LogP contribution in [0.2, 0.25) is 0 Å². The zero-order valence-electron chi connectivity index (χ0n) is 15.1. The quantitative estimate of drug-likeness (QED) is 0.851. The summed E-state index contributed by atoms with van der Waals surface area (Å²) in [6.45, 7) is 7.55. The summed E-state index contributed by atoms with van der Waals surface area (Å²) >= 11 is 0. The molecule has 2 fully saturated rings. The van der Waals surface area contributed by atoms with Crippen molar-refractivity contribution in [1.29, 1.82) is 0 Å².